The molecule has 0 spiro atoms. The molecule has 0 radical (unpaired) electrons. The van der Waals surface area contributed by atoms with Crippen molar-refractivity contribution in [1.82, 2.24) is 4.40 Å². The van der Waals surface area contributed by atoms with Crippen molar-refractivity contribution in [3.63, 3.8) is 0 Å². The summed E-state index contributed by atoms with van der Waals surface area (Å²) in [5.41, 5.74) is 18.0. The summed E-state index contributed by atoms with van der Waals surface area (Å²) in [5, 5.41) is 5.30. The lowest BCUT2D eigenvalue weighted by Gasteiger charge is -2.30. The van der Waals surface area contributed by atoms with Crippen LogP contribution in [0.15, 0.2) is 158 Å². The van der Waals surface area contributed by atoms with Gasteiger partial charge in [-0.1, -0.05) is 143 Å². The van der Waals surface area contributed by atoms with Crippen LogP contribution in [0.3, 0.4) is 0 Å². The van der Waals surface area contributed by atoms with Gasteiger partial charge >= 0.3 is 0 Å². The maximum absolute atomic E-state index is 2.53. The normalized spacial score (nSPS) is 14.8. The SMILES string of the molecule is CC1(C)c2ccccc2-c2ccc(N(c3cccc(-c4cc5c6cccc7c8ccccc8n(c5s4)c76)c3)c3cccc4c3-c3ccccc3C4(C)C)cc21. The van der Waals surface area contributed by atoms with Crippen molar-refractivity contribution in [2.24, 2.45) is 0 Å². The molecule has 12 rings (SSSR count). The zero-order chi connectivity index (χ0) is 36.8. The maximum Gasteiger partial charge on any atom is 0.109 e. The number of rotatable bonds is 4. The van der Waals surface area contributed by atoms with Crippen molar-refractivity contribution < 1.29 is 0 Å². The van der Waals surface area contributed by atoms with Crippen molar-refractivity contribution in [2.75, 3.05) is 4.90 Å². The average Bonchev–Trinajstić information content (AvgIpc) is 3.98. The summed E-state index contributed by atoms with van der Waals surface area (Å²) in [5.74, 6) is 0. The van der Waals surface area contributed by atoms with Crippen molar-refractivity contribution >= 4 is 65.8 Å². The second kappa shape index (κ2) is 10.7. The molecule has 3 heteroatoms. The zero-order valence-electron chi connectivity index (χ0n) is 31.3. The molecule has 0 N–H and O–H groups in total. The molecule has 262 valence electrons. The second-order valence-corrected chi connectivity index (χ2v) is 17.6. The highest BCUT2D eigenvalue weighted by molar-refractivity contribution is 7.22. The van der Waals surface area contributed by atoms with Crippen LogP contribution >= 0.6 is 11.3 Å². The molecule has 0 amide bonds. The first-order valence-electron chi connectivity index (χ1n) is 19.4. The molecular weight excluding hydrogens is 685 g/mol. The van der Waals surface area contributed by atoms with E-state index in [1.165, 1.54) is 104 Å². The number of hydrogen-bond donors (Lipinski definition) is 0. The Kier molecular flexibility index (Phi) is 6.10. The Hall–Kier alpha value is -6.16. The van der Waals surface area contributed by atoms with Gasteiger partial charge in [-0.05, 0) is 87.0 Å². The number of nitrogens with zero attached hydrogens (tertiary/aromatic N) is 2. The fourth-order valence-corrected chi connectivity index (χ4v) is 11.5. The lowest BCUT2D eigenvalue weighted by Crippen LogP contribution is -2.17. The fourth-order valence-electron chi connectivity index (χ4n) is 10.3. The second-order valence-electron chi connectivity index (χ2n) is 16.5. The van der Waals surface area contributed by atoms with Crippen LogP contribution in [0.5, 0.6) is 0 Å². The number of anilines is 3. The largest absolute Gasteiger partial charge is 0.310 e. The van der Waals surface area contributed by atoms with Gasteiger partial charge in [0.2, 0.25) is 0 Å². The summed E-state index contributed by atoms with van der Waals surface area (Å²) in [6, 6.07) is 59.3. The molecular formula is C52H38N2S. The van der Waals surface area contributed by atoms with Crippen LogP contribution in [0.2, 0.25) is 0 Å². The highest BCUT2D eigenvalue weighted by Crippen LogP contribution is 2.56. The maximum atomic E-state index is 2.53. The Labute approximate surface area is 324 Å². The highest BCUT2D eigenvalue weighted by Gasteiger charge is 2.39. The van der Waals surface area contributed by atoms with Crippen LogP contribution in [0.25, 0.3) is 70.1 Å². The van der Waals surface area contributed by atoms with Crippen molar-refractivity contribution in [2.45, 2.75) is 38.5 Å². The topological polar surface area (TPSA) is 7.65 Å². The first-order valence-corrected chi connectivity index (χ1v) is 20.2. The minimum Gasteiger partial charge on any atom is -0.310 e. The molecule has 3 heterocycles. The van der Waals surface area contributed by atoms with E-state index in [1.54, 1.807) is 0 Å². The summed E-state index contributed by atoms with van der Waals surface area (Å²) in [6.07, 6.45) is 0. The summed E-state index contributed by atoms with van der Waals surface area (Å²) >= 11 is 1.90. The Bertz CT molecular complexity index is 3230. The number of benzene rings is 7. The molecule has 7 aromatic carbocycles. The Morgan fingerprint density at radius 3 is 1.95 bits per heavy atom. The molecule has 3 aromatic heterocycles. The molecule has 0 bridgehead atoms. The molecule has 2 nitrogen and oxygen atoms in total. The van der Waals surface area contributed by atoms with E-state index in [4.69, 9.17) is 0 Å². The van der Waals surface area contributed by atoms with E-state index in [2.05, 4.69) is 195 Å². The summed E-state index contributed by atoms with van der Waals surface area (Å²) in [4.78, 5) is 5.12. The molecule has 0 saturated carbocycles. The molecule has 0 atom stereocenters. The third-order valence-electron chi connectivity index (χ3n) is 12.9. The molecule has 0 unspecified atom stereocenters. The van der Waals surface area contributed by atoms with Gasteiger partial charge in [0.15, 0.2) is 0 Å². The minimum atomic E-state index is -0.107. The number of fused-ring (bicyclic) bond motifs is 12. The van der Waals surface area contributed by atoms with E-state index >= 15 is 0 Å². The Morgan fingerprint density at radius 1 is 0.473 bits per heavy atom. The highest BCUT2D eigenvalue weighted by atomic mass is 32.1. The lowest BCUT2D eigenvalue weighted by atomic mass is 9.82. The summed E-state index contributed by atoms with van der Waals surface area (Å²) in [6.45, 7) is 9.50. The van der Waals surface area contributed by atoms with Gasteiger partial charge < -0.3 is 4.90 Å². The van der Waals surface area contributed by atoms with Crippen molar-refractivity contribution in [3.05, 3.63) is 180 Å². The Balaban J connectivity index is 1.08. The van der Waals surface area contributed by atoms with Gasteiger partial charge in [0.05, 0.1) is 16.7 Å². The van der Waals surface area contributed by atoms with E-state index in [9.17, 15) is 0 Å². The number of thiophene rings is 1. The van der Waals surface area contributed by atoms with Crippen LogP contribution < -0.4 is 4.90 Å². The van der Waals surface area contributed by atoms with E-state index in [0.717, 1.165) is 5.69 Å². The first-order chi connectivity index (χ1) is 26.8. The van der Waals surface area contributed by atoms with Gasteiger partial charge in [0.25, 0.3) is 0 Å². The van der Waals surface area contributed by atoms with E-state index in [-0.39, 0.29) is 10.8 Å². The molecule has 2 aliphatic carbocycles. The summed E-state index contributed by atoms with van der Waals surface area (Å²) < 4.78 is 2.50. The molecule has 0 fully saturated rings. The van der Waals surface area contributed by atoms with E-state index in [0.29, 0.717) is 0 Å². The zero-order valence-corrected chi connectivity index (χ0v) is 32.1. The third kappa shape index (κ3) is 4.04. The predicted molar refractivity (Wildman–Crippen MR) is 234 cm³/mol. The quantitative estimate of drug-likeness (QED) is 0.175. The average molecular weight is 723 g/mol. The molecule has 55 heavy (non-hydrogen) atoms. The van der Waals surface area contributed by atoms with Gasteiger partial charge in [-0.25, -0.2) is 0 Å². The van der Waals surface area contributed by atoms with Gasteiger partial charge in [-0.15, -0.1) is 11.3 Å². The van der Waals surface area contributed by atoms with Gasteiger partial charge in [-0.3, -0.25) is 4.40 Å². The van der Waals surface area contributed by atoms with E-state index in [1.807, 2.05) is 11.3 Å². The minimum absolute atomic E-state index is 0.0983. The molecule has 0 aliphatic heterocycles. The van der Waals surface area contributed by atoms with Crippen LogP contribution in [0.4, 0.5) is 17.1 Å². The number of aromatic nitrogens is 1. The van der Waals surface area contributed by atoms with Crippen LogP contribution in [-0.2, 0) is 10.8 Å². The number of para-hydroxylation sites is 2. The smallest absolute Gasteiger partial charge is 0.109 e. The molecule has 0 saturated heterocycles. The number of hydrogen-bond acceptors (Lipinski definition) is 2. The lowest BCUT2D eigenvalue weighted by molar-refractivity contribution is 0.660. The van der Waals surface area contributed by atoms with Gasteiger partial charge in [-0.2, -0.15) is 0 Å². The Morgan fingerprint density at radius 2 is 1.09 bits per heavy atom. The molecule has 10 aromatic rings. The molecule has 2 aliphatic rings. The van der Waals surface area contributed by atoms with Gasteiger partial charge in [0, 0.05) is 54.2 Å². The van der Waals surface area contributed by atoms with Crippen LogP contribution in [0.1, 0.15) is 49.9 Å². The summed E-state index contributed by atoms with van der Waals surface area (Å²) in [7, 11) is 0. The van der Waals surface area contributed by atoms with Crippen molar-refractivity contribution in [1.29, 1.82) is 0 Å². The predicted octanol–water partition coefficient (Wildman–Crippen LogP) is 14.6. The van der Waals surface area contributed by atoms with Crippen molar-refractivity contribution in [3.8, 4) is 32.7 Å². The van der Waals surface area contributed by atoms with Crippen LogP contribution in [-0.4, -0.2) is 4.40 Å². The monoisotopic (exact) mass is 722 g/mol. The van der Waals surface area contributed by atoms with Gasteiger partial charge in [0.1, 0.15) is 4.83 Å². The fraction of sp³-hybridized carbons (Fsp3) is 0.115. The standard InChI is InChI=1S/C52H38N2S/c1-51(2)42-22-9-6-18-39(42)48-43(51)23-13-25-46(48)53(33-26-27-35-34-16-5-8-21-41(34)52(3,4)44(35)29-33)32-15-11-14-31(28-32)47-30-40-38-20-12-19-37-36-17-7-10-24-45(36)54(49(37)38)50(40)55-47/h5-30H,1-4H3. The first kappa shape index (κ1) is 31.2. The van der Waals surface area contributed by atoms with E-state index < -0.39 is 0 Å². The third-order valence-corrected chi connectivity index (χ3v) is 14.1. The van der Waals surface area contributed by atoms with Crippen LogP contribution in [0, 0.1) is 0 Å².